The van der Waals surface area contributed by atoms with Crippen LogP contribution in [0.2, 0.25) is 5.02 Å². The first-order chi connectivity index (χ1) is 14.6. The van der Waals surface area contributed by atoms with Crippen LogP contribution in [0.5, 0.6) is 0 Å². The molecule has 1 aliphatic heterocycles. The summed E-state index contributed by atoms with van der Waals surface area (Å²) in [5, 5.41) is 10.2. The molecule has 0 spiro atoms. The molecule has 4 heterocycles. The van der Waals surface area contributed by atoms with Crippen LogP contribution in [0.1, 0.15) is 22.5 Å². The highest BCUT2D eigenvalue weighted by Crippen LogP contribution is 2.32. The summed E-state index contributed by atoms with van der Waals surface area (Å²) in [6.45, 7) is 0.716. The number of rotatable bonds is 4. The average Bonchev–Trinajstić information content (AvgIpc) is 3.45. The zero-order valence-electron chi connectivity index (χ0n) is 15.6. The van der Waals surface area contributed by atoms with E-state index in [1.54, 1.807) is 41.2 Å². The summed E-state index contributed by atoms with van der Waals surface area (Å²) in [7, 11) is 0. The van der Waals surface area contributed by atoms with E-state index in [4.69, 9.17) is 11.6 Å². The first-order valence-corrected chi connectivity index (χ1v) is 10.6. The Balaban J connectivity index is 1.47. The highest BCUT2D eigenvalue weighted by atomic mass is 35.5. The van der Waals surface area contributed by atoms with Crippen LogP contribution in [0, 0.1) is 5.82 Å². The van der Waals surface area contributed by atoms with E-state index in [-0.39, 0.29) is 5.91 Å². The van der Waals surface area contributed by atoms with E-state index < -0.39 is 5.82 Å². The van der Waals surface area contributed by atoms with Crippen LogP contribution in [0.3, 0.4) is 0 Å². The van der Waals surface area contributed by atoms with Gasteiger partial charge in [-0.2, -0.15) is 5.10 Å². The summed E-state index contributed by atoms with van der Waals surface area (Å²) in [5.74, 6) is -0.755. The second-order valence-electron chi connectivity index (χ2n) is 6.83. The molecule has 0 saturated carbocycles. The third-order valence-corrected chi connectivity index (χ3v) is 5.89. The number of benzene rings is 1. The van der Waals surface area contributed by atoms with E-state index in [0.29, 0.717) is 44.9 Å². The van der Waals surface area contributed by atoms with Crippen molar-refractivity contribution in [3.8, 4) is 22.6 Å². The Hall–Kier alpha value is -3.10. The zero-order chi connectivity index (χ0) is 20.7. The smallest absolute Gasteiger partial charge is 0.261 e. The first kappa shape index (κ1) is 18.9. The van der Waals surface area contributed by atoms with Gasteiger partial charge < -0.3 is 0 Å². The number of anilines is 1. The third-order valence-electron chi connectivity index (χ3n) is 4.91. The van der Waals surface area contributed by atoms with Crippen molar-refractivity contribution in [3.63, 3.8) is 0 Å². The molecule has 0 atom stereocenters. The second kappa shape index (κ2) is 7.62. The molecule has 4 aromatic rings. The lowest BCUT2D eigenvalue weighted by Gasteiger charge is -2.06. The van der Waals surface area contributed by atoms with Gasteiger partial charge in [-0.05, 0) is 37.1 Å². The van der Waals surface area contributed by atoms with Gasteiger partial charge in [0.05, 0.1) is 22.0 Å². The quantitative estimate of drug-likeness (QED) is 0.482. The number of hydrogen-bond donors (Lipinski definition) is 1. The van der Waals surface area contributed by atoms with Crippen LogP contribution >= 0.6 is 22.9 Å². The molecule has 1 aromatic carbocycles. The number of nitrogens with one attached hydrogen (secondary N) is 1. The third kappa shape index (κ3) is 3.38. The number of carbonyl (C=O) groups is 1. The monoisotopic (exact) mass is 439 g/mol. The highest BCUT2D eigenvalue weighted by Gasteiger charge is 2.29. The van der Waals surface area contributed by atoms with Crippen molar-refractivity contribution in [2.45, 2.75) is 19.4 Å². The van der Waals surface area contributed by atoms with Gasteiger partial charge in [0.25, 0.3) is 5.91 Å². The SMILES string of the molecule is O=C(Nc1nc(-c2ccc(Cl)cn2)cs1)c1c(-c2ccccc2F)nn2c1CCC2. The number of carbonyl (C=O) groups excluding carboxylic acids is 1. The van der Waals surface area contributed by atoms with E-state index in [1.165, 1.54) is 17.4 Å². The maximum absolute atomic E-state index is 14.4. The van der Waals surface area contributed by atoms with E-state index in [9.17, 15) is 9.18 Å². The average molecular weight is 440 g/mol. The van der Waals surface area contributed by atoms with Crippen LogP contribution in [-0.4, -0.2) is 25.7 Å². The van der Waals surface area contributed by atoms with Crippen LogP contribution < -0.4 is 5.32 Å². The lowest BCUT2D eigenvalue weighted by atomic mass is 10.0. The molecule has 0 bridgehead atoms. The van der Waals surface area contributed by atoms with Gasteiger partial charge in [0.1, 0.15) is 17.2 Å². The molecule has 0 saturated heterocycles. The fraction of sp³-hybridized carbons (Fsp3) is 0.143. The number of amides is 1. The fourth-order valence-corrected chi connectivity index (χ4v) is 4.36. The Morgan fingerprint density at radius 2 is 2.07 bits per heavy atom. The van der Waals surface area contributed by atoms with Crippen LogP contribution in [0.25, 0.3) is 22.6 Å². The van der Waals surface area contributed by atoms with Crippen molar-refractivity contribution in [1.29, 1.82) is 0 Å². The molecule has 3 aromatic heterocycles. The van der Waals surface area contributed by atoms with Crippen molar-refractivity contribution in [3.05, 3.63) is 70.1 Å². The number of pyridine rings is 1. The predicted molar refractivity (Wildman–Crippen MR) is 114 cm³/mol. The first-order valence-electron chi connectivity index (χ1n) is 9.33. The van der Waals surface area contributed by atoms with Gasteiger partial charge >= 0.3 is 0 Å². The standard InChI is InChI=1S/C21H15ClFN5OS/c22-12-7-8-15(24-10-12)16-11-30-21(25-16)26-20(29)18-17-6-3-9-28(17)27-19(18)13-4-1-2-5-14(13)23/h1-2,4-5,7-8,10-11H,3,6,9H2,(H,25,26,29). The lowest BCUT2D eigenvalue weighted by Crippen LogP contribution is -2.14. The molecule has 5 rings (SSSR count). The number of halogens is 2. The van der Waals surface area contributed by atoms with Crippen LogP contribution in [0.4, 0.5) is 9.52 Å². The van der Waals surface area contributed by atoms with Gasteiger partial charge in [0.15, 0.2) is 5.13 Å². The highest BCUT2D eigenvalue weighted by molar-refractivity contribution is 7.14. The fourth-order valence-electron chi connectivity index (χ4n) is 3.55. The Kier molecular flexibility index (Phi) is 4.80. The maximum Gasteiger partial charge on any atom is 0.261 e. The van der Waals surface area contributed by atoms with E-state index in [1.807, 2.05) is 5.38 Å². The molecular weight excluding hydrogens is 425 g/mol. The van der Waals surface area contributed by atoms with Gasteiger partial charge in [-0.25, -0.2) is 9.37 Å². The summed E-state index contributed by atoms with van der Waals surface area (Å²) in [6, 6.07) is 9.86. The van der Waals surface area contributed by atoms with Gasteiger partial charge in [0.2, 0.25) is 0 Å². The van der Waals surface area contributed by atoms with Gasteiger partial charge in [-0.1, -0.05) is 23.7 Å². The topological polar surface area (TPSA) is 72.7 Å². The Bertz CT molecular complexity index is 1250. The zero-order valence-corrected chi connectivity index (χ0v) is 17.2. The molecule has 1 aliphatic rings. The summed E-state index contributed by atoms with van der Waals surface area (Å²) < 4.78 is 16.2. The normalized spacial score (nSPS) is 12.7. The molecule has 0 unspecified atom stereocenters. The van der Waals surface area contributed by atoms with Crippen molar-refractivity contribution >= 4 is 34.0 Å². The number of fused-ring (bicyclic) bond motifs is 1. The number of aryl methyl sites for hydroxylation is 1. The minimum Gasteiger partial charge on any atom is -0.298 e. The molecule has 0 radical (unpaired) electrons. The maximum atomic E-state index is 14.4. The van der Waals surface area contributed by atoms with Crippen molar-refractivity contribution in [2.24, 2.45) is 0 Å². The molecule has 1 N–H and O–H groups in total. The largest absolute Gasteiger partial charge is 0.298 e. The Morgan fingerprint density at radius 3 is 2.87 bits per heavy atom. The number of nitrogens with zero attached hydrogens (tertiary/aromatic N) is 4. The van der Waals surface area contributed by atoms with Crippen molar-refractivity contribution < 1.29 is 9.18 Å². The van der Waals surface area contributed by atoms with Crippen LogP contribution in [-0.2, 0) is 13.0 Å². The predicted octanol–water partition coefficient (Wildman–Crippen LogP) is 5.06. The molecule has 9 heteroatoms. The summed E-state index contributed by atoms with van der Waals surface area (Å²) in [4.78, 5) is 21.9. The van der Waals surface area contributed by atoms with Gasteiger partial charge in [0, 0.05) is 23.7 Å². The van der Waals surface area contributed by atoms with Crippen molar-refractivity contribution in [2.75, 3.05) is 5.32 Å². The van der Waals surface area contributed by atoms with E-state index in [2.05, 4.69) is 20.4 Å². The van der Waals surface area contributed by atoms with Gasteiger partial charge in [-0.3, -0.25) is 19.8 Å². The van der Waals surface area contributed by atoms with Gasteiger partial charge in [-0.15, -0.1) is 11.3 Å². The molecule has 150 valence electrons. The van der Waals surface area contributed by atoms with Crippen LogP contribution in [0.15, 0.2) is 48.0 Å². The molecular formula is C21H15ClFN5OS. The second-order valence-corrected chi connectivity index (χ2v) is 8.13. The molecule has 0 aliphatic carbocycles. The number of thiazole rings is 1. The lowest BCUT2D eigenvalue weighted by molar-refractivity contribution is 0.102. The minimum absolute atomic E-state index is 0.315. The van der Waals surface area contributed by atoms with E-state index in [0.717, 1.165) is 18.5 Å². The summed E-state index contributed by atoms with van der Waals surface area (Å²) >= 11 is 7.18. The summed E-state index contributed by atoms with van der Waals surface area (Å²) in [5.41, 5.74) is 3.20. The summed E-state index contributed by atoms with van der Waals surface area (Å²) in [6.07, 6.45) is 3.18. The Morgan fingerprint density at radius 1 is 1.20 bits per heavy atom. The molecule has 30 heavy (non-hydrogen) atoms. The Labute approximate surface area is 180 Å². The number of aromatic nitrogens is 4. The number of hydrogen-bond acceptors (Lipinski definition) is 5. The molecule has 0 fully saturated rings. The molecule has 6 nitrogen and oxygen atoms in total. The minimum atomic E-state index is -0.409. The molecule has 1 amide bonds. The van der Waals surface area contributed by atoms with E-state index >= 15 is 0 Å². The van der Waals surface area contributed by atoms with Crippen molar-refractivity contribution in [1.82, 2.24) is 19.7 Å².